The molecule has 0 bridgehead atoms. The van der Waals surface area contributed by atoms with E-state index in [1.807, 2.05) is 0 Å². The number of hydrogen-bond donors (Lipinski definition) is 1. The molecule has 4 nitrogen and oxygen atoms in total. The zero-order valence-electron chi connectivity index (χ0n) is 13.2. The summed E-state index contributed by atoms with van der Waals surface area (Å²) in [5, 5.41) is 8.39. The Labute approximate surface area is 128 Å². The van der Waals surface area contributed by atoms with Crippen LogP contribution < -0.4 is 4.74 Å². The number of aliphatic hydroxyl groups excluding tert-OH is 1. The zero-order valence-corrected chi connectivity index (χ0v) is 13.2. The molecule has 21 heavy (non-hydrogen) atoms. The van der Waals surface area contributed by atoms with E-state index in [1.54, 1.807) is 31.4 Å². The molecule has 0 heterocycles. The van der Waals surface area contributed by atoms with Gasteiger partial charge in [0, 0.05) is 25.9 Å². The monoisotopic (exact) mass is 296 g/mol. The Morgan fingerprint density at radius 3 is 2.24 bits per heavy atom. The molecule has 0 saturated carbocycles. The summed E-state index contributed by atoms with van der Waals surface area (Å²) in [4.78, 5) is 10.3. The topological polar surface area (TPSA) is 55.8 Å². The van der Waals surface area contributed by atoms with Crippen molar-refractivity contribution in [1.29, 1.82) is 0 Å². The number of methoxy groups -OCH3 is 1. The lowest BCUT2D eigenvalue weighted by Gasteiger charge is -2.02. The molecule has 0 atom stereocenters. The second kappa shape index (κ2) is 15.0. The molecule has 0 aliphatic carbocycles. The van der Waals surface area contributed by atoms with Gasteiger partial charge in [0.05, 0.1) is 6.61 Å². The number of hydrogen-bond acceptors (Lipinski definition) is 4. The summed E-state index contributed by atoms with van der Waals surface area (Å²) >= 11 is 0. The molecule has 1 N–H and O–H groups in total. The van der Waals surface area contributed by atoms with Crippen LogP contribution in [0.15, 0.2) is 24.3 Å². The van der Waals surface area contributed by atoms with Gasteiger partial charge >= 0.3 is 0 Å². The Kier molecular flexibility index (Phi) is 14.0. The minimum Gasteiger partial charge on any atom is -0.494 e. The van der Waals surface area contributed by atoms with Crippen LogP contribution in [0.4, 0.5) is 0 Å². The van der Waals surface area contributed by atoms with E-state index in [2.05, 4.69) is 6.92 Å². The molecule has 0 amide bonds. The molecule has 1 aromatic carbocycles. The summed E-state index contributed by atoms with van der Waals surface area (Å²) in [7, 11) is 1.71. The first-order chi connectivity index (χ1) is 10.3. The third kappa shape index (κ3) is 12.1. The van der Waals surface area contributed by atoms with Gasteiger partial charge < -0.3 is 14.6 Å². The summed E-state index contributed by atoms with van der Waals surface area (Å²) in [5.74, 6) is 0.822. The van der Waals surface area contributed by atoms with E-state index < -0.39 is 0 Å². The average molecular weight is 296 g/mol. The number of unbranched alkanes of at least 4 members (excludes halogenated alkanes) is 3. The molecule has 0 aromatic heterocycles. The van der Waals surface area contributed by atoms with Crippen LogP contribution in [0.3, 0.4) is 0 Å². The minimum atomic E-state index is 0.326. The number of aliphatic hydroxyl groups is 1. The van der Waals surface area contributed by atoms with Crippen molar-refractivity contribution in [2.45, 2.75) is 39.0 Å². The second-order valence-electron chi connectivity index (χ2n) is 4.67. The molecule has 0 saturated heterocycles. The van der Waals surface area contributed by atoms with Gasteiger partial charge in [-0.15, -0.1) is 0 Å². The lowest BCUT2D eigenvalue weighted by Crippen LogP contribution is -1.94. The highest BCUT2D eigenvalue weighted by molar-refractivity contribution is 5.74. The van der Waals surface area contributed by atoms with Crippen molar-refractivity contribution in [2.75, 3.05) is 26.9 Å². The molecule has 0 spiro atoms. The van der Waals surface area contributed by atoms with Crippen LogP contribution in [0, 0.1) is 0 Å². The quantitative estimate of drug-likeness (QED) is 0.530. The van der Waals surface area contributed by atoms with Gasteiger partial charge in [0.15, 0.2) is 0 Å². The van der Waals surface area contributed by atoms with Gasteiger partial charge in [-0.05, 0) is 43.5 Å². The van der Waals surface area contributed by atoms with Crippen molar-refractivity contribution in [1.82, 2.24) is 0 Å². The summed E-state index contributed by atoms with van der Waals surface area (Å²) in [6, 6.07) is 7.11. The molecule has 0 unspecified atom stereocenters. The van der Waals surface area contributed by atoms with E-state index >= 15 is 0 Å². The van der Waals surface area contributed by atoms with Crippen molar-refractivity contribution >= 4 is 6.29 Å². The van der Waals surface area contributed by atoms with Gasteiger partial charge in [-0.2, -0.15) is 0 Å². The smallest absolute Gasteiger partial charge is 0.150 e. The zero-order chi connectivity index (χ0) is 15.8. The Morgan fingerprint density at radius 2 is 1.71 bits per heavy atom. The molecule has 4 heteroatoms. The summed E-state index contributed by atoms with van der Waals surface area (Å²) < 4.78 is 10.2. The number of rotatable bonds is 10. The Morgan fingerprint density at radius 1 is 1.05 bits per heavy atom. The highest BCUT2D eigenvalue weighted by Gasteiger charge is 1.92. The maximum absolute atomic E-state index is 10.3. The van der Waals surface area contributed by atoms with Gasteiger partial charge in [-0.1, -0.05) is 19.8 Å². The molecule has 1 aromatic rings. The van der Waals surface area contributed by atoms with E-state index in [0.29, 0.717) is 12.2 Å². The van der Waals surface area contributed by atoms with Crippen molar-refractivity contribution < 1.29 is 19.4 Å². The van der Waals surface area contributed by atoms with E-state index in [4.69, 9.17) is 14.6 Å². The highest BCUT2D eigenvalue weighted by Crippen LogP contribution is 2.10. The Bertz CT molecular complexity index is 329. The van der Waals surface area contributed by atoms with E-state index in [-0.39, 0.29) is 0 Å². The first-order valence-electron chi connectivity index (χ1n) is 7.56. The largest absolute Gasteiger partial charge is 0.494 e. The van der Waals surface area contributed by atoms with Crippen LogP contribution in [0.25, 0.3) is 0 Å². The van der Waals surface area contributed by atoms with E-state index in [9.17, 15) is 4.79 Å². The van der Waals surface area contributed by atoms with Crippen LogP contribution in [0.2, 0.25) is 0 Å². The molecule has 120 valence electrons. The lowest BCUT2D eigenvalue weighted by molar-refractivity contribution is 0.112. The van der Waals surface area contributed by atoms with E-state index in [0.717, 1.165) is 50.9 Å². The lowest BCUT2D eigenvalue weighted by atomic mass is 10.2. The average Bonchev–Trinajstić information content (AvgIpc) is 2.54. The Hall–Kier alpha value is -1.39. The molecule has 0 aliphatic rings. The second-order valence-corrected chi connectivity index (χ2v) is 4.67. The molecule has 0 radical (unpaired) electrons. The van der Waals surface area contributed by atoms with Crippen LogP contribution in [-0.4, -0.2) is 38.3 Å². The fraction of sp³-hybridized carbons (Fsp3) is 0.588. The van der Waals surface area contributed by atoms with Crippen molar-refractivity contribution in [3.63, 3.8) is 0 Å². The predicted octanol–water partition coefficient (Wildman–Crippen LogP) is 3.47. The fourth-order valence-electron chi connectivity index (χ4n) is 1.57. The van der Waals surface area contributed by atoms with Gasteiger partial charge in [0.2, 0.25) is 0 Å². The Balaban J connectivity index is 0.000000400. The molecular formula is C17H28O4. The van der Waals surface area contributed by atoms with Crippen LogP contribution in [-0.2, 0) is 4.74 Å². The first-order valence-corrected chi connectivity index (χ1v) is 7.56. The maximum Gasteiger partial charge on any atom is 0.150 e. The van der Waals surface area contributed by atoms with Gasteiger partial charge in [0.1, 0.15) is 12.0 Å². The normalized spacial score (nSPS) is 9.67. The highest BCUT2D eigenvalue weighted by atomic mass is 16.5. The third-order valence-corrected chi connectivity index (χ3v) is 2.75. The van der Waals surface area contributed by atoms with Crippen LogP contribution in [0.1, 0.15) is 49.4 Å². The maximum atomic E-state index is 10.3. The molecule has 1 rings (SSSR count). The molecular weight excluding hydrogens is 268 g/mol. The van der Waals surface area contributed by atoms with Gasteiger partial charge in [0.25, 0.3) is 0 Å². The SMILES string of the molecule is CCCOc1ccc(C=O)cc1.COCCCCCCO. The van der Waals surface area contributed by atoms with Gasteiger partial charge in [-0.3, -0.25) is 4.79 Å². The number of carbonyl (C=O) groups excluding carboxylic acids is 1. The standard InChI is InChI=1S/C10H12O2.C7H16O2/c1-2-7-12-10-5-3-9(8-11)4-6-10;1-9-7-5-3-2-4-6-8/h3-6,8H,2,7H2,1H3;8H,2-7H2,1H3. The molecule has 0 aliphatic heterocycles. The van der Waals surface area contributed by atoms with Gasteiger partial charge in [-0.25, -0.2) is 0 Å². The molecule has 0 fully saturated rings. The summed E-state index contributed by atoms with van der Waals surface area (Å²) in [6.45, 7) is 3.96. The number of carbonyl (C=O) groups is 1. The number of benzene rings is 1. The van der Waals surface area contributed by atoms with Crippen molar-refractivity contribution in [2.24, 2.45) is 0 Å². The third-order valence-electron chi connectivity index (χ3n) is 2.75. The number of aldehydes is 1. The van der Waals surface area contributed by atoms with Crippen molar-refractivity contribution in [3.8, 4) is 5.75 Å². The summed E-state index contributed by atoms with van der Waals surface area (Å²) in [5.41, 5.74) is 0.679. The van der Waals surface area contributed by atoms with Crippen LogP contribution in [0.5, 0.6) is 5.75 Å². The van der Waals surface area contributed by atoms with E-state index in [1.165, 1.54) is 6.42 Å². The fourth-order valence-corrected chi connectivity index (χ4v) is 1.57. The predicted molar refractivity (Wildman–Crippen MR) is 85.0 cm³/mol. The first kappa shape index (κ1) is 19.6. The number of ether oxygens (including phenoxy) is 2. The minimum absolute atomic E-state index is 0.326. The van der Waals surface area contributed by atoms with Crippen molar-refractivity contribution in [3.05, 3.63) is 29.8 Å². The summed E-state index contributed by atoms with van der Waals surface area (Å²) in [6.07, 6.45) is 6.17. The van der Waals surface area contributed by atoms with Crippen LogP contribution >= 0.6 is 0 Å².